The van der Waals surface area contributed by atoms with E-state index in [-0.39, 0.29) is 6.04 Å². The molecule has 0 radical (unpaired) electrons. The second-order valence-electron chi connectivity index (χ2n) is 4.70. The molecule has 2 fully saturated rings. The zero-order valence-corrected chi connectivity index (χ0v) is 11.3. The van der Waals surface area contributed by atoms with Gasteiger partial charge in [-0.15, -0.1) is 23.5 Å². The number of hydrogen-bond acceptors (Lipinski definition) is 4. The van der Waals surface area contributed by atoms with Crippen molar-refractivity contribution in [3.63, 3.8) is 0 Å². The molecule has 2 nitrogen and oxygen atoms in total. The van der Waals surface area contributed by atoms with E-state index >= 15 is 0 Å². The molecule has 2 N–H and O–H groups in total. The van der Waals surface area contributed by atoms with Gasteiger partial charge in [-0.25, -0.2) is 0 Å². The van der Waals surface area contributed by atoms with Crippen LogP contribution >= 0.6 is 23.5 Å². The molecule has 0 bridgehead atoms. The number of rotatable bonds is 2. The number of aldehydes is 1. The molecule has 1 heterocycles. The number of carbonyl (C=O) groups is 1. The summed E-state index contributed by atoms with van der Waals surface area (Å²) in [5.74, 6) is 3.43. The van der Waals surface area contributed by atoms with Crippen molar-refractivity contribution in [3.05, 3.63) is 9.81 Å². The number of nitrogens with two attached hydrogens (primary N) is 1. The fraction of sp³-hybridized carbons (Fsp3) is 0.750. The van der Waals surface area contributed by atoms with E-state index in [2.05, 4.69) is 6.92 Å². The molecular formula is C12H19NOS2. The van der Waals surface area contributed by atoms with E-state index in [0.717, 1.165) is 19.1 Å². The second-order valence-corrected chi connectivity index (χ2v) is 7.17. The molecule has 3 atom stereocenters. The first-order valence-electron chi connectivity index (χ1n) is 5.91. The molecule has 90 valence electrons. The second kappa shape index (κ2) is 5.61. The summed E-state index contributed by atoms with van der Waals surface area (Å²) in [6.07, 6.45) is 4.41. The summed E-state index contributed by atoms with van der Waals surface area (Å²) in [7, 11) is 0. The smallest absolute Gasteiger partial charge is 0.136 e. The van der Waals surface area contributed by atoms with Crippen molar-refractivity contribution < 1.29 is 4.79 Å². The molecule has 1 aliphatic heterocycles. The predicted octanol–water partition coefficient (Wildman–Crippen LogP) is 2.64. The Balaban J connectivity index is 2.07. The number of carbonyl (C=O) groups excluding carboxylic acids is 1. The van der Waals surface area contributed by atoms with Crippen LogP contribution in [0.3, 0.4) is 0 Å². The third kappa shape index (κ3) is 2.66. The summed E-state index contributed by atoms with van der Waals surface area (Å²) in [5.41, 5.74) is 7.42. The van der Waals surface area contributed by atoms with E-state index in [1.807, 2.05) is 23.5 Å². The lowest BCUT2D eigenvalue weighted by molar-refractivity contribution is -0.110. The zero-order chi connectivity index (χ0) is 11.5. The average molecular weight is 257 g/mol. The van der Waals surface area contributed by atoms with E-state index in [9.17, 15) is 4.79 Å². The van der Waals surface area contributed by atoms with Gasteiger partial charge in [0.2, 0.25) is 0 Å². The van der Waals surface area contributed by atoms with Gasteiger partial charge in [-0.1, -0.05) is 6.92 Å². The molecule has 1 aliphatic carbocycles. The van der Waals surface area contributed by atoms with Gasteiger partial charge in [-0.2, -0.15) is 0 Å². The monoisotopic (exact) mass is 257 g/mol. The number of hydrogen-bond donors (Lipinski definition) is 1. The maximum absolute atomic E-state index is 10.8. The van der Waals surface area contributed by atoms with E-state index in [4.69, 9.17) is 5.73 Å². The van der Waals surface area contributed by atoms with Gasteiger partial charge in [-0.05, 0) is 48.2 Å². The Hall–Kier alpha value is 0.0700. The lowest BCUT2D eigenvalue weighted by atomic mass is 9.92. The molecule has 3 unspecified atom stereocenters. The lowest BCUT2D eigenvalue weighted by Crippen LogP contribution is -2.32. The molecule has 0 aromatic rings. The summed E-state index contributed by atoms with van der Waals surface area (Å²) in [6, 6.07) is -0.272. The van der Waals surface area contributed by atoms with Crippen LogP contribution in [0.25, 0.3) is 0 Å². The van der Waals surface area contributed by atoms with Crippen LogP contribution in [0.5, 0.6) is 0 Å². The Kier molecular flexibility index (Phi) is 4.39. The third-order valence-electron chi connectivity index (χ3n) is 3.48. The van der Waals surface area contributed by atoms with Crippen LogP contribution in [0.1, 0.15) is 26.2 Å². The topological polar surface area (TPSA) is 43.1 Å². The molecule has 0 amide bonds. The van der Waals surface area contributed by atoms with Crippen LogP contribution in [0.2, 0.25) is 0 Å². The Morgan fingerprint density at radius 2 is 2.06 bits per heavy atom. The van der Waals surface area contributed by atoms with E-state index in [1.165, 1.54) is 22.2 Å². The highest BCUT2D eigenvalue weighted by molar-refractivity contribution is 8.22. The van der Waals surface area contributed by atoms with Gasteiger partial charge in [-0.3, -0.25) is 0 Å². The molecule has 16 heavy (non-hydrogen) atoms. The van der Waals surface area contributed by atoms with Gasteiger partial charge in [0, 0.05) is 4.24 Å². The lowest BCUT2D eigenvalue weighted by Gasteiger charge is -2.17. The van der Waals surface area contributed by atoms with Crippen LogP contribution in [0, 0.1) is 11.8 Å². The van der Waals surface area contributed by atoms with Crippen molar-refractivity contribution in [2.24, 2.45) is 17.6 Å². The Morgan fingerprint density at radius 3 is 2.69 bits per heavy atom. The van der Waals surface area contributed by atoms with Gasteiger partial charge in [0.15, 0.2) is 0 Å². The molecular weight excluding hydrogens is 238 g/mol. The highest BCUT2D eigenvalue weighted by atomic mass is 32.2. The fourth-order valence-corrected chi connectivity index (χ4v) is 5.23. The first-order valence-corrected chi connectivity index (χ1v) is 7.88. The van der Waals surface area contributed by atoms with Crippen molar-refractivity contribution in [2.45, 2.75) is 32.2 Å². The van der Waals surface area contributed by atoms with Gasteiger partial charge >= 0.3 is 0 Å². The maximum Gasteiger partial charge on any atom is 0.136 e. The fourth-order valence-electron chi connectivity index (χ4n) is 2.53. The van der Waals surface area contributed by atoms with Crippen LogP contribution in [0.4, 0.5) is 0 Å². The first kappa shape index (κ1) is 12.5. The normalized spacial score (nSPS) is 32.9. The van der Waals surface area contributed by atoms with Gasteiger partial charge in [0.25, 0.3) is 0 Å². The van der Waals surface area contributed by atoms with Crippen molar-refractivity contribution in [1.82, 2.24) is 0 Å². The molecule has 2 aliphatic rings. The molecule has 1 saturated heterocycles. The van der Waals surface area contributed by atoms with Crippen molar-refractivity contribution in [1.29, 1.82) is 0 Å². The average Bonchev–Trinajstić information content (AvgIpc) is 2.71. The summed E-state index contributed by atoms with van der Waals surface area (Å²) in [4.78, 5) is 10.8. The Morgan fingerprint density at radius 1 is 1.38 bits per heavy atom. The predicted molar refractivity (Wildman–Crippen MR) is 72.5 cm³/mol. The molecule has 0 aromatic heterocycles. The third-order valence-corrected chi connectivity index (χ3v) is 6.27. The van der Waals surface area contributed by atoms with E-state index in [0.29, 0.717) is 11.8 Å². The van der Waals surface area contributed by atoms with Gasteiger partial charge in [0.1, 0.15) is 6.29 Å². The summed E-state index contributed by atoms with van der Waals surface area (Å²) >= 11 is 3.99. The Labute approximate surface area is 106 Å². The van der Waals surface area contributed by atoms with Gasteiger partial charge < -0.3 is 10.5 Å². The standard InChI is InChI=1S/C12H19NOS2/c1-8-5-9(6-10(8)11(13)7-14)12-15-3-2-4-16-12/h7-8,10-11H,2-6,13H2,1H3. The Bertz CT molecular complexity index is 295. The first-order chi connectivity index (χ1) is 7.72. The SMILES string of the molecule is CC1CC(=C2SCCCS2)CC1C(N)C=O. The number of thioether (sulfide) groups is 2. The van der Waals surface area contributed by atoms with Crippen LogP contribution < -0.4 is 5.73 Å². The molecule has 4 heteroatoms. The summed E-state index contributed by atoms with van der Waals surface area (Å²) in [5, 5.41) is 0. The van der Waals surface area contributed by atoms with Crippen LogP contribution in [-0.4, -0.2) is 23.8 Å². The molecule has 0 spiro atoms. The minimum Gasteiger partial charge on any atom is -0.322 e. The molecule has 0 aromatic carbocycles. The van der Waals surface area contributed by atoms with Crippen molar-refractivity contribution >= 4 is 29.8 Å². The van der Waals surface area contributed by atoms with E-state index in [1.54, 1.807) is 5.57 Å². The highest BCUT2D eigenvalue weighted by Crippen LogP contribution is 2.46. The minimum absolute atomic E-state index is 0.272. The van der Waals surface area contributed by atoms with Gasteiger partial charge in [0.05, 0.1) is 6.04 Å². The quantitative estimate of drug-likeness (QED) is 0.772. The molecule has 1 saturated carbocycles. The minimum atomic E-state index is -0.272. The van der Waals surface area contributed by atoms with E-state index < -0.39 is 0 Å². The van der Waals surface area contributed by atoms with Crippen LogP contribution in [0.15, 0.2) is 9.81 Å². The molecule has 2 rings (SSSR count). The van der Waals surface area contributed by atoms with Crippen molar-refractivity contribution in [2.75, 3.05) is 11.5 Å². The summed E-state index contributed by atoms with van der Waals surface area (Å²) < 4.78 is 1.53. The van der Waals surface area contributed by atoms with Crippen LogP contribution in [-0.2, 0) is 4.79 Å². The zero-order valence-electron chi connectivity index (χ0n) is 9.65. The van der Waals surface area contributed by atoms with Crippen molar-refractivity contribution in [3.8, 4) is 0 Å². The number of allylic oxidation sites excluding steroid dienone is 1. The highest BCUT2D eigenvalue weighted by Gasteiger charge is 2.33. The maximum atomic E-state index is 10.8. The largest absolute Gasteiger partial charge is 0.322 e. The summed E-state index contributed by atoms with van der Waals surface area (Å²) in [6.45, 7) is 2.22.